The Hall–Kier alpha value is -1.39. The average molecular weight is 304 g/mol. The van der Waals surface area contributed by atoms with Crippen LogP contribution in [0.3, 0.4) is 0 Å². The zero-order valence-corrected chi connectivity index (χ0v) is 13.5. The van der Waals surface area contributed by atoms with Gasteiger partial charge in [-0.3, -0.25) is 4.79 Å². The summed E-state index contributed by atoms with van der Waals surface area (Å²) in [6.45, 7) is 2.81. The lowest BCUT2D eigenvalue weighted by Crippen LogP contribution is -2.37. The van der Waals surface area contributed by atoms with Crippen LogP contribution in [0.2, 0.25) is 0 Å². The van der Waals surface area contributed by atoms with Crippen molar-refractivity contribution >= 4 is 5.91 Å². The molecule has 1 aromatic rings. The van der Waals surface area contributed by atoms with Gasteiger partial charge in [0.2, 0.25) is 5.91 Å². The van der Waals surface area contributed by atoms with Gasteiger partial charge in [-0.25, -0.2) is 0 Å². The monoisotopic (exact) mass is 304 g/mol. The van der Waals surface area contributed by atoms with E-state index in [9.17, 15) is 9.90 Å². The van der Waals surface area contributed by atoms with Gasteiger partial charge in [0.05, 0.1) is 6.61 Å². The summed E-state index contributed by atoms with van der Waals surface area (Å²) in [7, 11) is 0. The van der Waals surface area contributed by atoms with Crippen LogP contribution >= 0.6 is 0 Å². The summed E-state index contributed by atoms with van der Waals surface area (Å²) in [4.78, 5) is 11.9. The van der Waals surface area contributed by atoms with Crippen molar-refractivity contribution in [2.24, 2.45) is 0 Å². The highest BCUT2D eigenvalue weighted by molar-refractivity contribution is 5.76. The quantitative estimate of drug-likeness (QED) is 0.726. The number of aliphatic hydroxyl groups excluding tert-OH is 1. The predicted octanol–water partition coefficient (Wildman–Crippen LogP) is 2.67. The summed E-state index contributed by atoms with van der Waals surface area (Å²) in [6, 6.07) is 8.47. The molecule has 4 nitrogen and oxygen atoms in total. The van der Waals surface area contributed by atoms with Gasteiger partial charge in [0.25, 0.3) is 0 Å². The zero-order chi connectivity index (χ0) is 15.8. The van der Waals surface area contributed by atoms with Gasteiger partial charge in [-0.2, -0.15) is 0 Å². The van der Waals surface area contributed by atoms with Crippen LogP contribution in [0, 0.1) is 0 Å². The van der Waals surface area contributed by atoms with Gasteiger partial charge in [-0.1, -0.05) is 43.5 Å². The van der Waals surface area contributed by atoms with E-state index >= 15 is 0 Å². The van der Waals surface area contributed by atoms with Crippen LogP contribution in [0.4, 0.5) is 0 Å². The third-order valence-corrected chi connectivity index (χ3v) is 4.41. The van der Waals surface area contributed by atoms with Crippen molar-refractivity contribution < 1.29 is 9.90 Å². The van der Waals surface area contributed by atoms with Crippen molar-refractivity contribution in [3.05, 3.63) is 35.4 Å². The maximum Gasteiger partial charge on any atom is 0.221 e. The number of amides is 1. The van der Waals surface area contributed by atoms with Crippen LogP contribution in [0.5, 0.6) is 0 Å². The lowest BCUT2D eigenvalue weighted by molar-refractivity contribution is -0.121. The minimum atomic E-state index is 0.0599. The van der Waals surface area contributed by atoms with Gasteiger partial charge < -0.3 is 15.7 Å². The van der Waals surface area contributed by atoms with Gasteiger partial charge in [0, 0.05) is 25.0 Å². The molecule has 1 aliphatic carbocycles. The molecule has 122 valence electrons. The van der Waals surface area contributed by atoms with Crippen LogP contribution in [-0.2, 0) is 11.4 Å². The SMILES string of the molecule is CC(NCCC(=O)NC1CCCCC1)c1cccc(CO)c1. The molecule has 4 heteroatoms. The Bertz CT molecular complexity index is 470. The zero-order valence-electron chi connectivity index (χ0n) is 13.5. The molecule has 0 aliphatic heterocycles. The van der Waals surface area contributed by atoms with Gasteiger partial charge in [0.1, 0.15) is 0 Å². The first-order valence-corrected chi connectivity index (χ1v) is 8.41. The van der Waals surface area contributed by atoms with E-state index < -0.39 is 0 Å². The summed E-state index contributed by atoms with van der Waals surface area (Å²) in [5.74, 6) is 0.149. The first kappa shape index (κ1) is 17.0. The van der Waals surface area contributed by atoms with E-state index in [0.29, 0.717) is 19.0 Å². The van der Waals surface area contributed by atoms with Crippen LogP contribution in [0.1, 0.15) is 62.6 Å². The van der Waals surface area contributed by atoms with Crippen molar-refractivity contribution in [1.29, 1.82) is 0 Å². The Morgan fingerprint density at radius 1 is 1.32 bits per heavy atom. The fourth-order valence-electron chi connectivity index (χ4n) is 3.03. The summed E-state index contributed by atoms with van der Waals surface area (Å²) >= 11 is 0. The summed E-state index contributed by atoms with van der Waals surface area (Å²) in [5.41, 5.74) is 2.06. The van der Waals surface area contributed by atoms with Crippen molar-refractivity contribution in [2.45, 2.75) is 64.1 Å². The number of hydrogen-bond donors (Lipinski definition) is 3. The van der Waals surface area contributed by atoms with Gasteiger partial charge in [-0.05, 0) is 30.9 Å². The van der Waals surface area contributed by atoms with Crippen LogP contribution in [-0.4, -0.2) is 23.6 Å². The predicted molar refractivity (Wildman–Crippen MR) is 88.4 cm³/mol. The minimum absolute atomic E-state index is 0.0599. The molecule has 1 saturated carbocycles. The van der Waals surface area contributed by atoms with Crippen molar-refractivity contribution in [2.75, 3.05) is 6.54 Å². The molecular formula is C18H28N2O2. The minimum Gasteiger partial charge on any atom is -0.392 e. The van der Waals surface area contributed by atoms with E-state index in [2.05, 4.69) is 17.6 Å². The fourth-order valence-corrected chi connectivity index (χ4v) is 3.03. The molecule has 1 unspecified atom stereocenters. The third kappa shape index (κ3) is 5.43. The van der Waals surface area contributed by atoms with Gasteiger partial charge in [-0.15, -0.1) is 0 Å². The second-order valence-corrected chi connectivity index (χ2v) is 6.23. The van der Waals surface area contributed by atoms with E-state index in [4.69, 9.17) is 0 Å². The molecule has 0 heterocycles. The molecule has 1 aliphatic rings. The molecule has 1 fully saturated rings. The maximum absolute atomic E-state index is 11.9. The number of benzene rings is 1. The Kier molecular flexibility index (Phi) is 6.87. The van der Waals surface area contributed by atoms with E-state index in [0.717, 1.165) is 24.0 Å². The van der Waals surface area contributed by atoms with Crippen LogP contribution in [0.25, 0.3) is 0 Å². The smallest absolute Gasteiger partial charge is 0.221 e. The van der Waals surface area contributed by atoms with Crippen LogP contribution < -0.4 is 10.6 Å². The topological polar surface area (TPSA) is 61.4 Å². The van der Waals surface area contributed by atoms with Crippen molar-refractivity contribution in [3.63, 3.8) is 0 Å². The van der Waals surface area contributed by atoms with Gasteiger partial charge >= 0.3 is 0 Å². The molecule has 2 rings (SSSR count). The average Bonchev–Trinajstić information content (AvgIpc) is 2.55. The lowest BCUT2D eigenvalue weighted by Gasteiger charge is -2.23. The highest BCUT2D eigenvalue weighted by Crippen LogP contribution is 2.17. The second-order valence-electron chi connectivity index (χ2n) is 6.23. The molecule has 0 saturated heterocycles. The molecule has 22 heavy (non-hydrogen) atoms. The standard InChI is InChI=1S/C18H28N2O2/c1-14(16-7-5-6-15(12-16)13-21)19-11-10-18(22)20-17-8-3-2-4-9-17/h5-7,12,14,17,19,21H,2-4,8-11,13H2,1H3,(H,20,22). The second kappa shape index (κ2) is 8.91. The molecular weight excluding hydrogens is 276 g/mol. The van der Waals surface area contributed by atoms with Gasteiger partial charge in [0.15, 0.2) is 0 Å². The molecule has 1 aromatic carbocycles. The van der Waals surface area contributed by atoms with Crippen molar-refractivity contribution in [3.8, 4) is 0 Å². The first-order chi connectivity index (χ1) is 10.7. The number of carbonyl (C=O) groups excluding carboxylic acids is 1. The lowest BCUT2D eigenvalue weighted by atomic mass is 9.95. The Morgan fingerprint density at radius 3 is 2.82 bits per heavy atom. The molecule has 1 amide bonds. The number of aliphatic hydroxyl groups is 1. The molecule has 0 radical (unpaired) electrons. The Balaban J connectivity index is 1.69. The summed E-state index contributed by atoms with van der Waals surface area (Å²) in [6.07, 6.45) is 6.55. The number of hydrogen-bond acceptors (Lipinski definition) is 3. The maximum atomic E-state index is 11.9. The van der Waals surface area contributed by atoms with E-state index in [1.807, 2.05) is 24.3 Å². The van der Waals surface area contributed by atoms with E-state index in [1.54, 1.807) is 0 Å². The third-order valence-electron chi connectivity index (χ3n) is 4.41. The van der Waals surface area contributed by atoms with E-state index in [1.165, 1.54) is 19.3 Å². The highest BCUT2D eigenvalue weighted by atomic mass is 16.3. The van der Waals surface area contributed by atoms with Crippen molar-refractivity contribution in [1.82, 2.24) is 10.6 Å². The largest absolute Gasteiger partial charge is 0.392 e. The number of rotatable bonds is 7. The molecule has 0 aromatic heterocycles. The molecule has 0 spiro atoms. The van der Waals surface area contributed by atoms with Crippen LogP contribution in [0.15, 0.2) is 24.3 Å². The molecule has 3 N–H and O–H groups in total. The Labute approximate surface area is 133 Å². The normalized spacial score (nSPS) is 17.2. The number of nitrogens with one attached hydrogen (secondary N) is 2. The van der Waals surface area contributed by atoms with E-state index in [-0.39, 0.29) is 18.6 Å². The highest BCUT2D eigenvalue weighted by Gasteiger charge is 2.15. The first-order valence-electron chi connectivity index (χ1n) is 8.41. The fraction of sp³-hybridized carbons (Fsp3) is 0.611. The Morgan fingerprint density at radius 2 is 2.09 bits per heavy atom. The number of carbonyl (C=O) groups is 1. The summed E-state index contributed by atoms with van der Waals surface area (Å²) < 4.78 is 0. The summed E-state index contributed by atoms with van der Waals surface area (Å²) in [5, 5.41) is 15.7. The molecule has 0 bridgehead atoms. The molecule has 1 atom stereocenters.